The van der Waals surface area contributed by atoms with Gasteiger partial charge in [0.05, 0.1) is 39.0 Å². The van der Waals surface area contributed by atoms with Crippen LogP contribution >= 0.6 is 0 Å². The van der Waals surface area contributed by atoms with E-state index in [9.17, 15) is 5.11 Å². The van der Waals surface area contributed by atoms with Gasteiger partial charge in [-0.1, -0.05) is 12.1 Å². The number of para-hydroxylation sites is 2. The van der Waals surface area contributed by atoms with Crippen LogP contribution in [0.4, 0.5) is 5.69 Å². The first-order chi connectivity index (χ1) is 10.8. The number of aromatic hydroxyl groups is 1. The monoisotopic (exact) mass is 299 g/mol. The molecule has 0 saturated carbocycles. The number of hydrogen-bond acceptors (Lipinski definition) is 3. The Labute approximate surface area is 131 Å². The van der Waals surface area contributed by atoms with Gasteiger partial charge in [-0.05, 0) is 36.4 Å². The van der Waals surface area contributed by atoms with Crippen LogP contribution in [0, 0.1) is 0 Å². The van der Waals surface area contributed by atoms with Crippen molar-refractivity contribution in [3.63, 3.8) is 0 Å². The molecule has 1 heterocycles. The molecule has 0 spiro atoms. The number of anilines is 1. The summed E-state index contributed by atoms with van der Waals surface area (Å²) in [6, 6.07) is 15.8. The van der Waals surface area contributed by atoms with Crippen LogP contribution in [0.15, 0.2) is 48.5 Å². The summed E-state index contributed by atoms with van der Waals surface area (Å²) in [6.07, 6.45) is 0. The first-order valence-electron chi connectivity index (χ1n) is 7.75. The lowest BCUT2D eigenvalue weighted by Crippen LogP contribution is -3.13. The van der Waals surface area contributed by atoms with Gasteiger partial charge in [0.2, 0.25) is 0 Å². The third-order valence-electron chi connectivity index (χ3n) is 4.29. The Morgan fingerprint density at radius 1 is 1.05 bits per heavy atom. The molecule has 1 aliphatic rings. The van der Waals surface area contributed by atoms with Gasteiger partial charge >= 0.3 is 0 Å². The predicted molar refractivity (Wildman–Crippen MR) is 87.7 cm³/mol. The van der Waals surface area contributed by atoms with Crippen LogP contribution in [0.3, 0.4) is 0 Å². The minimum absolute atomic E-state index is 0.333. The smallest absolute Gasteiger partial charge is 0.142 e. The fraction of sp³-hybridized carbons (Fsp3) is 0.333. The molecular weight excluding hydrogens is 276 g/mol. The maximum absolute atomic E-state index is 9.35. The molecule has 0 unspecified atom stereocenters. The van der Waals surface area contributed by atoms with Crippen LogP contribution < -0.4 is 14.5 Å². The summed E-state index contributed by atoms with van der Waals surface area (Å²) in [5.41, 5.74) is 2.47. The van der Waals surface area contributed by atoms with Gasteiger partial charge in [-0.15, -0.1) is 0 Å². The summed E-state index contributed by atoms with van der Waals surface area (Å²) >= 11 is 0. The Balaban J connectivity index is 1.59. The summed E-state index contributed by atoms with van der Waals surface area (Å²) in [5.74, 6) is 1.28. The van der Waals surface area contributed by atoms with Gasteiger partial charge in [0, 0.05) is 5.56 Å². The van der Waals surface area contributed by atoms with Crippen molar-refractivity contribution in [3.05, 3.63) is 54.1 Å². The number of quaternary nitrogens is 1. The van der Waals surface area contributed by atoms with E-state index in [4.69, 9.17) is 4.74 Å². The minimum Gasteiger partial charge on any atom is -0.508 e. The summed E-state index contributed by atoms with van der Waals surface area (Å²) in [7, 11) is 1.73. The standard InChI is InChI=1S/C18H22N2O2/c1-22-18-5-3-2-4-17(18)20-12-10-19(11-13-20)14-15-6-8-16(21)9-7-15/h2-9,21H,10-14H2,1H3/p+1. The molecule has 0 bridgehead atoms. The molecule has 1 fully saturated rings. The van der Waals surface area contributed by atoms with E-state index in [-0.39, 0.29) is 0 Å². The molecule has 0 atom stereocenters. The van der Waals surface area contributed by atoms with E-state index in [2.05, 4.69) is 17.0 Å². The number of nitrogens with one attached hydrogen (secondary N) is 1. The van der Waals surface area contributed by atoms with Gasteiger partial charge in [-0.3, -0.25) is 0 Å². The van der Waals surface area contributed by atoms with Crippen LogP contribution in [-0.4, -0.2) is 38.4 Å². The second-order valence-electron chi connectivity index (χ2n) is 5.75. The van der Waals surface area contributed by atoms with Crippen molar-refractivity contribution < 1.29 is 14.7 Å². The highest BCUT2D eigenvalue weighted by atomic mass is 16.5. The molecule has 3 rings (SSSR count). The minimum atomic E-state index is 0.333. The molecule has 0 aliphatic carbocycles. The van der Waals surface area contributed by atoms with Crippen molar-refractivity contribution in [2.75, 3.05) is 38.2 Å². The third-order valence-corrected chi connectivity index (χ3v) is 4.29. The SMILES string of the molecule is COc1ccccc1N1CC[NH+](Cc2ccc(O)cc2)CC1. The molecule has 116 valence electrons. The van der Waals surface area contributed by atoms with Crippen LogP contribution in [0.5, 0.6) is 11.5 Å². The van der Waals surface area contributed by atoms with Crippen LogP contribution in [0.2, 0.25) is 0 Å². The van der Waals surface area contributed by atoms with E-state index in [0.717, 1.165) is 38.5 Å². The van der Waals surface area contributed by atoms with Gasteiger partial charge in [0.1, 0.15) is 18.0 Å². The van der Waals surface area contributed by atoms with E-state index in [1.54, 1.807) is 24.1 Å². The average molecular weight is 299 g/mol. The summed E-state index contributed by atoms with van der Waals surface area (Å²) in [4.78, 5) is 3.98. The zero-order valence-corrected chi connectivity index (χ0v) is 13.0. The molecule has 0 aromatic heterocycles. The fourth-order valence-electron chi connectivity index (χ4n) is 3.03. The second kappa shape index (κ2) is 6.71. The lowest BCUT2D eigenvalue weighted by molar-refractivity contribution is -0.914. The topological polar surface area (TPSA) is 37.1 Å². The molecular formula is C18H23N2O2+. The Kier molecular flexibility index (Phi) is 4.49. The number of ether oxygens (including phenoxy) is 1. The highest BCUT2D eigenvalue weighted by Gasteiger charge is 2.22. The maximum Gasteiger partial charge on any atom is 0.142 e. The first kappa shape index (κ1) is 14.7. The Morgan fingerprint density at radius 2 is 1.73 bits per heavy atom. The van der Waals surface area contributed by atoms with E-state index in [1.807, 2.05) is 24.3 Å². The number of piperazine rings is 1. The average Bonchev–Trinajstić information content (AvgIpc) is 2.58. The zero-order valence-electron chi connectivity index (χ0n) is 13.0. The van der Waals surface area contributed by atoms with Gasteiger partial charge < -0.3 is 19.6 Å². The lowest BCUT2D eigenvalue weighted by Gasteiger charge is -2.34. The van der Waals surface area contributed by atoms with Crippen molar-refractivity contribution >= 4 is 5.69 Å². The Hall–Kier alpha value is -2.20. The summed E-state index contributed by atoms with van der Waals surface area (Å²) < 4.78 is 5.46. The molecule has 2 aromatic carbocycles. The van der Waals surface area contributed by atoms with E-state index >= 15 is 0 Å². The van der Waals surface area contributed by atoms with E-state index < -0.39 is 0 Å². The molecule has 4 heteroatoms. The number of rotatable bonds is 4. The van der Waals surface area contributed by atoms with Gasteiger partial charge in [-0.2, -0.15) is 0 Å². The van der Waals surface area contributed by atoms with Crippen molar-refractivity contribution in [2.45, 2.75) is 6.54 Å². The lowest BCUT2D eigenvalue weighted by atomic mass is 10.1. The van der Waals surface area contributed by atoms with Crippen LogP contribution in [0.25, 0.3) is 0 Å². The molecule has 2 N–H and O–H groups in total. The highest BCUT2D eigenvalue weighted by molar-refractivity contribution is 5.58. The Bertz CT molecular complexity index is 605. The van der Waals surface area contributed by atoms with Gasteiger partial charge in [-0.25, -0.2) is 0 Å². The number of phenols is 1. The molecule has 4 nitrogen and oxygen atoms in total. The Morgan fingerprint density at radius 3 is 2.41 bits per heavy atom. The largest absolute Gasteiger partial charge is 0.508 e. The zero-order chi connectivity index (χ0) is 15.4. The number of benzene rings is 2. The van der Waals surface area contributed by atoms with Crippen LogP contribution in [-0.2, 0) is 6.54 Å². The predicted octanol–water partition coefficient (Wildman–Crippen LogP) is 1.31. The fourth-order valence-corrected chi connectivity index (χ4v) is 3.03. The molecule has 1 saturated heterocycles. The summed E-state index contributed by atoms with van der Waals surface area (Å²) in [6.45, 7) is 5.31. The molecule has 2 aromatic rings. The van der Waals surface area contributed by atoms with Crippen molar-refractivity contribution in [1.29, 1.82) is 0 Å². The quantitative estimate of drug-likeness (QED) is 0.894. The normalized spacial score (nSPS) is 15.8. The molecule has 0 amide bonds. The van der Waals surface area contributed by atoms with Crippen molar-refractivity contribution in [3.8, 4) is 11.5 Å². The first-order valence-corrected chi connectivity index (χ1v) is 7.75. The molecule has 1 aliphatic heterocycles. The van der Waals surface area contributed by atoms with Crippen LogP contribution in [0.1, 0.15) is 5.56 Å². The third kappa shape index (κ3) is 3.34. The second-order valence-corrected chi connectivity index (χ2v) is 5.75. The van der Waals surface area contributed by atoms with E-state index in [0.29, 0.717) is 5.75 Å². The van der Waals surface area contributed by atoms with Crippen molar-refractivity contribution in [2.24, 2.45) is 0 Å². The van der Waals surface area contributed by atoms with E-state index in [1.165, 1.54) is 11.3 Å². The number of hydrogen-bond donors (Lipinski definition) is 2. The summed E-state index contributed by atoms with van der Waals surface area (Å²) in [5, 5.41) is 9.35. The number of phenolic OH excluding ortho intramolecular Hbond substituents is 1. The van der Waals surface area contributed by atoms with Gasteiger partial charge in [0.15, 0.2) is 0 Å². The van der Waals surface area contributed by atoms with Gasteiger partial charge in [0.25, 0.3) is 0 Å². The number of methoxy groups -OCH3 is 1. The molecule has 22 heavy (non-hydrogen) atoms. The highest BCUT2D eigenvalue weighted by Crippen LogP contribution is 2.27. The molecule has 0 radical (unpaired) electrons. The van der Waals surface area contributed by atoms with Crippen molar-refractivity contribution in [1.82, 2.24) is 0 Å². The maximum atomic E-state index is 9.35. The number of nitrogens with zero attached hydrogens (tertiary/aromatic N) is 1.